The minimum absolute atomic E-state index is 0.160. The number of ether oxygens (including phenoxy) is 2. The van der Waals surface area contributed by atoms with Gasteiger partial charge in [-0.25, -0.2) is 4.79 Å². The van der Waals surface area contributed by atoms with Crippen molar-refractivity contribution in [3.8, 4) is 0 Å². The Morgan fingerprint density at radius 3 is 2.40 bits per heavy atom. The molecule has 0 saturated carbocycles. The first-order chi connectivity index (χ1) is 9.31. The lowest BCUT2D eigenvalue weighted by Gasteiger charge is -2.30. The number of rotatable bonds is 3. The van der Waals surface area contributed by atoms with Crippen LogP contribution in [0.15, 0.2) is 11.6 Å². The van der Waals surface area contributed by atoms with E-state index in [0.717, 1.165) is 5.57 Å². The standard InChI is InChI=1S/C14H24N2O4/c1-14(2,3)20-13(18)16-7-5-11(6-8-16)9-12(17)15-10-19-4/h9H,5-8,10H2,1-4H3,(H,15,17). The SMILES string of the molecule is COCNC(=O)C=C1CCN(C(=O)OC(C)(C)C)CC1. The van der Waals surface area contributed by atoms with Gasteiger partial charge in [-0.05, 0) is 33.6 Å². The van der Waals surface area contributed by atoms with Gasteiger partial charge in [-0.1, -0.05) is 5.57 Å². The fraction of sp³-hybridized carbons (Fsp3) is 0.714. The van der Waals surface area contributed by atoms with Crippen molar-refractivity contribution in [2.24, 2.45) is 0 Å². The second kappa shape index (κ2) is 7.28. The van der Waals surface area contributed by atoms with E-state index in [-0.39, 0.29) is 18.7 Å². The number of methoxy groups -OCH3 is 1. The van der Waals surface area contributed by atoms with E-state index in [2.05, 4.69) is 5.32 Å². The molecule has 1 heterocycles. The van der Waals surface area contributed by atoms with Crippen LogP contribution in [0, 0.1) is 0 Å². The molecule has 20 heavy (non-hydrogen) atoms. The Balaban J connectivity index is 2.41. The summed E-state index contributed by atoms with van der Waals surface area (Å²) in [6.07, 6.45) is 2.69. The summed E-state index contributed by atoms with van der Waals surface area (Å²) in [6, 6.07) is 0. The summed E-state index contributed by atoms with van der Waals surface area (Å²) >= 11 is 0. The maximum absolute atomic E-state index is 11.9. The molecule has 0 aromatic rings. The van der Waals surface area contributed by atoms with Crippen molar-refractivity contribution in [2.45, 2.75) is 39.2 Å². The van der Waals surface area contributed by atoms with Crippen LogP contribution in [0.3, 0.4) is 0 Å². The zero-order chi connectivity index (χ0) is 15.2. The van der Waals surface area contributed by atoms with Crippen LogP contribution >= 0.6 is 0 Å². The van der Waals surface area contributed by atoms with Gasteiger partial charge in [-0.3, -0.25) is 4.79 Å². The zero-order valence-corrected chi connectivity index (χ0v) is 12.7. The first-order valence-corrected chi connectivity index (χ1v) is 6.76. The smallest absolute Gasteiger partial charge is 0.410 e. The summed E-state index contributed by atoms with van der Waals surface area (Å²) in [6.45, 7) is 6.91. The lowest BCUT2D eigenvalue weighted by Crippen LogP contribution is -2.40. The molecule has 6 heteroatoms. The number of piperidine rings is 1. The highest BCUT2D eigenvalue weighted by Gasteiger charge is 2.24. The highest BCUT2D eigenvalue weighted by Crippen LogP contribution is 2.18. The van der Waals surface area contributed by atoms with Crippen molar-refractivity contribution in [1.82, 2.24) is 10.2 Å². The first kappa shape index (κ1) is 16.5. The molecule has 6 nitrogen and oxygen atoms in total. The molecule has 114 valence electrons. The third-order valence-corrected chi connectivity index (χ3v) is 2.78. The number of carbonyl (C=O) groups excluding carboxylic acids is 2. The summed E-state index contributed by atoms with van der Waals surface area (Å²) in [4.78, 5) is 25.0. The average Bonchev–Trinajstić information content (AvgIpc) is 2.35. The Kier molecular flexibility index (Phi) is 6.01. The number of hydrogen-bond donors (Lipinski definition) is 1. The van der Waals surface area contributed by atoms with E-state index >= 15 is 0 Å². The predicted octanol–water partition coefficient (Wildman–Crippen LogP) is 1.66. The molecule has 1 rings (SSSR count). The normalized spacial score (nSPS) is 15.8. The monoisotopic (exact) mass is 284 g/mol. The number of likely N-dealkylation sites (tertiary alicyclic amines) is 1. The quantitative estimate of drug-likeness (QED) is 0.632. The molecule has 1 saturated heterocycles. The summed E-state index contributed by atoms with van der Waals surface area (Å²) in [5, 5.41) is 2.60. The number of carbonyl (C=O) groups is 2. The van der Waals surface area contributed by atoms with Crippen LogP contribution in [0.1, 0.15) is 33.6 Å². The number of hydrogen-bond acceptors (Lipinski definition) is 4. The minimum Gasteiger partial charge on any atom is -0.444 e. The maximum Gasteiger partial charge on any atom is 0.410 e. The fourth-order valence-electron chi connectivity index (χ4n) is 1.83. The Bertz CT molecular complexity index is 375. The first-order valence-electron chi connectivity index (χ1n) is 6.76. The topological polar surface area (TPSA) is 67.9 Å². The van der Waals surface area contributed by atoms with Crippen molar-refractivity contribution in [3.63, 3.8) is 0 Å². The van der Waals surface area contributed by atoms with Crippen LogP contribution in [0.25, 0.3) is 0 Å². The van der Waals surface area contributed by atoms with Crippen molar-refractivity contribution >= 4 is 12.0 Å². The second-order valence-electron chi connectivity index (χ2n) is 5.74. The molecule has 1 aliphatic rings. The molecule has 0 aliphatic carbocycles. The Morgan fingerprint density at radius 2 is 1.90 bits per heavy atom. The minimum atomic E-state index is -0.479. The van der Waals surface area contributed by atoms with E-state index in [1.807, 2.05) is 20.8 Å². The van der Waals surface area contributed by atoms with E-state index < -0.39 is 5.60 Å². The van der Waals surface area contributed by atoms with Crippen LogP contribution in [0.5, 0.6) is 0 Å². The van der Waals surface area contributed by atoms with Gasteiger partial charge in [0.05, 0.1) is 0 Å². The summed E-state index contributed by atoms with van der Waals surface area (Å²) in [5.74, 6) is -0.160. The van der Waals surface area contributed by atoms with Gasteiger partial charge in [0.15, 0.2) is 0 Å². The van der Waals surface area contributed by atoms with Crippen molar-refractivity contribution in [1.29, 1.82) is 0 Å². The maximum atomic E-state index is 11.9. The lowest BCUT2D eigenvalue weighted by molar-refractivity contribution is -0.117. The van der Waals surface area contributed by atoms with Crippen molar-refractivity contribution in [2.75, 3.05) is 26.9 Å². The molecule has 1 N–H and O–H groups in total. The van der Waals surface area contributed by atoms with Crippen LogP contribution in [0.2, 0.25) is 0 Å². The van der Waals surface area contributed by atoms with Crippen LogP contribution < -0.4 is 5.32 Å². The predicted molar refractivity (Wildman–Crippen MR) is 75.1 cm³/mol. The van der Waals surface area contributed by atoms with E-state index in [0.29, 0.717) is 25.9 Å². The van der Waals surface area contributed by atoms with E-state index in [1.165, 1.54) is 7.11 Å². The molecule has 0 radical (unpaired) electrons. The lowest BCUT2D eigenvalue weighted by atomic mass is 10.0. The van der Waals surface area contributed by atoms with Crippen molar-refractivity contribution < 1.29 is 19.1 Å². The van der Waals surface area contributed by atoms with Gasteiger partial charge in [-0.15, -0.1) is 0 Å². The van der Waals surface area contributed by atoms with Crippen LogP contribution in [-0.2, 0) is 14.3 Å². The fourth-order valence-corrected chi connectivity index (χ4v) is 1.83. The van der Waals surface area contributed by atoms with Gasteiger partial charge in [-0.2, -0.15) is 0 Å². The highest BCUT2D eigenvalue weighted by molar-refractivity contribution is 5.88. The molecule has 0 aromatic carbocycles. The number of nitrogens with one attached hydrogen (secondary N) is 1. The Morgan fingerprint density at radius 1 is 1.30 bits per heavy atom. The average molecular weight is 284 g/mol. The van der Waals surface area contributed by atoms with E-state index in [9.17, 15) is 9.59 Å². The van der Waals surface area contributed by atoms with Gasteiger partial charge >= 0.3 is 6.09 Å². The van der Waals surface area contributed by atoms with Gasteiger partial charge in [0.2, 0.25) is 5.91 Å². The van der Waals surface area contributed by atoms with Gasteiger partial charge < -0.3 is 19.7 Å². The largest absolute Gasteiger partial charge is 0.444 e. The molecule has 1 aliphatic heterocycles. The molecule has 0 atom stereocenters. The molecule has 0 unspecified atom stereocenters. The van der Waals surface area contributed by atoms with Gasteiger partial charge in [0.1, 0.15) is 12.3 Å². The molecule has 0 spiro atoms. The van der Waals surface area contributed by atoms with E-state index in [1.54, 1.807) is 11.0 Å². The Hall–Kier alpha value is -1.56. The van der Waals surface area contributed by atoms with Gasteiger partial charge in [0.25, 0.3) is 0 Å². The van der Waals surface area contributed by atoms with Gasteiger partial charge in [0, 0.05) is 26.3 Å². The summed E-state index contributed by atoms with van der Waals surface area (Å²) in [7, 11) is 1.52. The third-order valence-electron chi connectivity index (χ3n) is 2.78. The third kappa shape index (κ3) is 6.06. The number of amides is 2. The number of nitrogens with zero attached hydrogens (tertiary/aromatic N) is 1. The highest BCUT2D eigenvalue weighted by atomic mass is 16.6. The molecule has 2 amide bonds. The van der Waals surface area contributed by atoms with Crippen molar-refractivity contribution in [3.05, 3.63) is 11.6 Å². The second-order valence-corrected chi connectivity index (χ2v) is 5.74. The zero-order valence-electron chi connectivity index (χ0n) is 12.7. The van der Waals surface area contributed by atoms with Crippen LogP contribution in [0.4, 0.5) is 4.79 Å². The van der Waals surface area contributed by atoms with E-state index in [4.69, 9.17) is 9.47 Å². The summed E-state index contributed by atoms with van der Waals surface area (Å²) in [5.41, 5.74) is 0.561. The molecule has 1 fully saturated rings. The molecule has 0 aromatic heterocycles. The molecular formula is C14H24N2O4. The molecular weight excluding hydrogens is 260 g/mol. The summed E-state index contributed by atoms with van der Waals surface area (Å²) < 4.78 is 10.1. The van der Waals surface area contributed by atoms with Crippen LogP contribution in [-0.4, -0.2) is 49.4 Å². The molecule has 0 bridgehead atoms. The Labute approximate surface area is 120 Å².